The maximum Gasteiger partial charge on any atom is 0.220 e. The summed E-state index contributed by atoms with van der Waals surface area (Å²) in [6.45, 7) is 1.65. The Morgan fingerprint density at radius 2 is 0.775 bits per heavy atom. The van der Waals surface area contributed by atoms with Crippen LogP contribution in [-0.4, -0.2) is 193 Å². The molecule has 3 rings (SSSR count). The number of aliphatic hydroxyl groups is 11. The molecule has 17 unspecified atom stereocenters. The fourth-order valence-corrected chi connectivity index (χ4v) is 11.2. The summed E-state index contributed by atoms with van der Waals surface area (Å²) in [4.78, 5) is 13.4. The number of hydrogen-bond acceptors (Lipinski definition) is 18. The Balaban J connectivity index is 1.36. The van der Waals surface area contributed by atoms with E-state index in [1.807, 2.05) is 0 Å². The minimum atomic E-state index is -1.97. The second kappa shape index (κ2) is 51.4. The highest BCUT2D eigenvalue weighted by molar-refractivity contribution is 5.76. The van der Waals surface area contributed by atoms with E-state index in [1.165, 1.54) is 89.9 Å². The van der Waals surface area contributed by atoms with E-state index in [2.05, 4.69) is 104 Å². The van der Waals surface area contributed by atoms with E-state index in [1.54, 1.807) is 0 Å². The molecule has 17 atom stereocenters. The fourth-order valence-electron chi connectivity index (χ4n) is 11.2. The Kier molecular flexibility index (Phi) is 46.3. The molecule has 3 heterocycles. The minimum Gasteiger partial charge on any atom is -0.394 e. The van der Waals surface area contributed by atoms with Crippen molar-refractivity contribution in [3.05, 3.63) is 85.1 Å². The van der Waals surface area contributed by atoms with Crippen LogP contribution in [0.2, 0.25) is 0 Å². The van der Waals surface area contributed by atoms with Crippen LogP contribution in [0.1, 0.15) is 219 Å². The second-order valence-corrected chi connectivity index (χ2v) is 24.3. The number of ether oxygens (including phenoxy) is 6. The molecule has 514 valence electrons. The summed E-state index contributed by atoms with van der Waals surface area (Å²) in [5.74, 6) is -0.251. The molecule has 12 N–H and O–H groups in total. The van der Waals surface area contributed by atoms with Gasteiger partial charge in [0.1, 0.15) is 73.2 Å². The number of amides is 1. The third-order valence-electron chi connectivity index (χ3n) is 16.7. The number of rotatable bonds is 51. The van der Waals surface area contributed by atoms with Crippen molar-refractivity contribution < 1.29 is 89.4 Å². The van der Waals surface area contributed by atoms with E-state index in [0.29, 0.717) is 12.8 Å². The lowest BCUT2D eigenvalue weighted by Gasteiger charge is -2.48. The van der Waals surface area contributed by atoms with Crippen LogP contribution >= 0.6 is 0 Å². The first kappa shape index (κ1) is 80.2. The normalized spacial score (nSPS) is 28.8. The first-order valence-corrected chi connectivity index (χ1v) is 34.3. The lowest BCUT2D eigenvalue weighted by atomic mass is 9.96. The van der Waals surface area contributed by atoms with E-state index >= 15 is 0 Å². The molecule has 1 amide bonds. The molecule has 0 aromatic carbocycles. The van der Waals surface area contributed by atoms with Gasteiger partial charge in [0, 0.05) is 6.42 Å². The van der Waals surface area contributed by atoms with E-state index in [9.17, 15) is 61.0 Å². The van der Waals surface area contributed by atoms with Crippen molar-refractivity contribution in [2.45, 2.75) is 324 Å². The van der Waals surface area contributed by atoms with E-state index < -0.39 is 124 Å². The molecule has 0 aliphatic carbocycles. The van der Waals surface area contributed by atoms with Crippen LogP contribution < -0.4 is 5.32 Å². The van der Waals surface area contributed by atoms with Crippen molar-refractivity contribution in [2.75, 3.05) is 26.4 Å². The molecule has 19 nitrogen and oxygen atoms in total. The van der Waals surface area contributed by atoms with Gasteiger partial charge in [0.25, 0.3) is 0 Å². The van der Waals surface area contributed by atoms with Crippen LogP contribution in [0.4, 0.5) is 0 Å². The van der Waals surface area contributed by atoms with E-state index in [4.69, 9.17) is 28.4 Å². The molecule has 3 aliphatic rings. The van der Waals surface area contributed by atoms with Gasteiger partial charge >= 0.3 is 0 Å². The van der Waals surface area contributed by atoms with Crippen molar-refractivity contribution >= 4 is 5.91 Å². The molecule has 0 bridgehead atoms. The van der Waals surface area contributed by atoms with Gasteiger partial charge in [-0.2, -0.15) is 0 Å². The van der Waals surface area contributed by atoms with Gasteiger partial charge in [-0.15, -0.1) is 0 Å². The molecular formula is C70H121NO18. The first-order valence-electron chi connectivity index (χ1n) is 34.3. The SMILES string of the molecule is CC/C=C\C/C=C\C/C=C\C/C=C\C/C=C\C/C=C\C/C=C\CCCCCCCCCCCCCC(=O)NC(COC1OC(CO)C(OC2OC(CO)C(OC3OC(CO)C(O)C(O)C3O)C(O)C2O)C(O)C1O)C(O)CCCCCCCCCCCCC. The first-order chi connectivity index (χ1) is 43.3. The van der Waals surface area contributed by atoms with Gasteiger partial charge in [-0.05, 0) is 70.6 Å². The number of carbonyl (C=O) groups is 1. The minimum absolute atomic E-state index is 0.251. The zero-order valence-corrected chi connectivity index (χ0v) is 54.1. The molecule has 0 aromatic heterocycles. The monoisotopic (exact) mass is 1260 g/mol. The summed E-state index contributed by atoms with van der Waals surface area (Å²) < 4.78 is 34.3. The number of nitrogens with one attached hydrogen (secondary N) is 1. The maximum atomic E-state index is 13.4. The van der Waals surface area contributed by atoms with Crippen molar-refractivity contribution in [2.24, 2.45) is 0 Å². The van der Waals surface area contributed by atoms with E-state index in [0.717, 1.165) is 96.3 Å². The third kappa shape index (κ3) is 33.6. The highest BCUT2D eigenvalue weighted by Crippen LogP contribution is 2.33. The van der Waals surface area contributed by atoms with Gasteiger partial charge in [-0.1, -0.05) is 227 Å². The summed E-state index contributed by atoms with van der Waals surface area (Å²) >= 11 is 0. The lowest BCUT2D eigenvalue weighted by molar-refractivity contribution is -0.379. The summed E-state index contributed by atoms with van der Waals surface area (Å²) in [6, 6.07) is -0.892. The Labute approximate surface area is 533 Å². The molecule has 3 aliphatic heterocycles. The Morgan fingerprint density at radius 3 is 1.21 bits per heavy atom. The quantitative estimate of drug-likeness (QED) is 0.0200. The van der Waals surface area contributed by atoms with Crippen LogP contribution in [0.25, 0.3) is 0 Å². The molecule has 0 aromatic rings. The second-order valence-electron chi connectivity index (χ2n) is 24.3. The van der Waals surface area contributed by atoms with Crippen LogP contribution in [-0.2, 0) is 33.2 Å². The van der Waals surface area contributed by atoms with Crippen LogP contribution in [0, 0.1) is 0 Å². The van der Waals surface area contributed by atoms with Crippen molar-refractivity contribution in [1.82, 2.24) is 5.32 Å². The zero-order valence-electron chi connectivity index (χ0n) is 54.1. The fraction of sp³-hybridized carbons (Fsp3) is 0.786. The smallest absolute Gasteiger partial charge is 0.220 e. The molecule has 0 radical (unpaired) electrons. The highest BCUT2D eigenvalue weighted by Gasteiger charge is 2.53. The average molecular weight is 1260 g/mol. The van der Waals surface area contributed by atoms with E-state index in [-0.39, 0.29) is 18.9 Å². The number of unbranched alkanes of at least 4 members (excludes halogenated alkanes) is 21. The van der Waals surface area contributed by atoms with Gasteiger partial charge in [-0.25, -0.2) is 0 Å². The predicted octanol–water partition coefficient (Wildman–Crippen LogP) is 8.71. The molecule has 19 heteroatoms. The standard InChI is InChI=1S/C70H121NO18/c1-3-5-7-9-11-13-15-16-17-18-19-20-21-22-23-24-25-26-27-28-29-30-31-32-33-34-35-36-38-40-42-44-46-48-58(76)71-53(54(75)47-45-43-41-39-37-14-12-10-8-6-4-2)52-84-68-64(82)61(79)66(56(50-73)86-68)89-70-65(83)62(80)67(57(51-74)87-70)88-69-63(81)60(78)59(77)55(49-72)85-69/h5,7,11,13,16-17,19-20,22-23,25-26,28-29,53-57,59-70,72-75,77-83H,3-4,6,8-10,12,14-15,18,21,24,27,30-52H2,1-2H3,(H,71,76)/b7-5-,13-11-,17-16-,20-19-,23-22-,26-25-,29-28-. The summed E-state index contributed by atoms with van der Waals surface area (Å²) in [6.07, 6.45) is 38.2. The number of carbonyl (C=O) groups excluding carboxylic acids is 1. The van der Waals surface area contributed by atoms with Gasteiger partial charge in [0.15, 0.2) is 18.9 Å². The van der Waals surface area contributed by atoms with Crippen LogP contribution in [0.5, 0.6) is 0 Å². The van der Waals surface area contributed by atoms with Crippen molar-refractivity contribution in [1.29, 1.82) is 0 Å². The molecule has 3 fully saturated rings. The Bertz CT molecular complexity index is 1940. The van der Waals surface area contributed by atoms with Gasteiger partial charge in [0.2, 0.25) is 5.91 Å². The summed E-state index contributed by atoms with van der Waals surface area (Å²) in [5, 5.41) is 120. The van der Waals surface area contributed by atoms with Crippen molar-refractivity contribution in [3.63, 3.8) is 0 Å². The molecule has 0 saturated carbocycles. The molecule has 0 spiro atoms. The Hall–Kier alpha value is -3.03. The number of allylic oxidation sites excluding steroid dienone is 14. The van der Waals surface area contributed by atoms with Crippen molar-refractivity contribution in [3.8, 4) is 0 Å². The topological polar surface area (TPSA) is 307 Å². The molecular weight excluding hydrogens is 1140 g/mol. The summed E-state index contributed by atoms with van der Waals surface area (Å²) in [5.41, 5.74) is 0. The van der Waals surface area contributed by atoms with Gasteiger partial charge < -0.3 is 89.9 Å². The van der Waals surface area contributed by atoms with Crippen LogP contribution in [0.15, 0.2) is 85.1 Å². The largest absolute Gasteiger partial charge is 0.394 e. The lowest BCUT2D eigenvalue weighted by Crippen LogP contribution is -2.66. The average Bonchev–Trinajstić information content (AvgIpc) is 1.33. The maximum absolute atomic E-state index is 13.4. The molecule has 3 saturated heterocycles. The van der Waals surface area contributed by atoms with Crippen LogP contribution in [0.3, 0.4) is 0 Å². The van der Waals surface area contributed by atoms with Gasteiger partial charge in [0.05, 0.1) is 38.6 Å². The third-order valence-corrected chi connectivity index (χ3v) is 16.7. The predicted molar refractivity (Wildman–Crippen MR) is 346 cm³/mol. The highest BCUT2D eigenvalue weighted by atomic mass is 16.8. The number of hydrogen-bond donors (Lipinski definition) is 12. The number of aliphatic hydroxyl groups excluding tert-OH is 11. The molecule has 89 heavy (non-hydrogen) atoms. The van der Waals surface area contributed by atoms with Gasteiger partial charge in [-0.3, -0.25) is 4.79 Å². The zero-order chi connectivity index (χ0) is 64.7. The Morgan fingerprint density at radius 1 is 0.416 bits per heavy atom. The summed E-state index contributed by atoms with van der Waals surface area (Å²) in [7, 11) is 0.